The summed E-state index contributed by atoms with van der Waals surface area (Å²) in [5.74, 6) is 3.11. The summed E-state index contributed by atoms with van der Waals surface area (Å²) in [6, 6.07) is 16.1. The van der Waals surface area contributed by atoms with Gasteiger partial charge in [-0.2, -0.15) is 0 Å². The van der Waals surface area contributed by atoms with Crippen molar-refractivity contribution >= 4 is 17.5 Å². The monoisotopic (exact) mass is 414 g/mol. The maximum atomic E-state index is 12.3. The van der Waals surface area contributed by atoms with Crippen LogP contribution in [0.5, 0.6) is 0 Å². The number of nitrogen functional groups attached to an aromatic ring is 1. The predicted molar refractivity (Wildman–Crippen MR) is 127 cm³/mol. The van der Waals surface area contributed by atoms with E-state index in [4.69, 9.17) is 5.73 Å². The van der Waals surface area contributed by atoms with Crippen molar-refractivity contribution in [2.75, 3.05) is 12.3 Å². The highest BCUT2D eigenvalue weighted by atomic mass is 16.1. The largest absolute Gasteiger partial charge is 0.398 e. The number of anilines is 1. The van der Waals surface area contributed by atoms with Crippen molar-refractivity contribution in [3.63, 3.8) is 0 Å². The van der Waals surface area contributed by atoms with Gasteiger partial charge in [-0.25, -0.2) is 0 Å². The number of rotatable bonds is 8. The molecule has 6 rings (SSSR count). The van der Waals surface area contributed by atoms with E-state index in [1.54, 1.807) is 6.08 Å². The maximum Gasteiger partial charge on any atom is 0.160 e. The highest BCUT2D eigenvalue weighted by Gasteiger charge is 2.50. The summed E-state index contributed by atoms with van der Waals surface area (Å²) in [7, 11) is 0. The van der Waals surface area contributed by atoms with Crippen LogP contribution in [0.4, 0.5) is 5.69 Å². The molecule has 4 aliphatic carbocycles. The van der Waals surface area contributed by atoms with Crippen molar-refractivity contribution in [1.29, 1.82) is 0 Å². The molecule has 4 saturated carbocycles. The number of hydrogen-bond donors (Lipinski definition) is 2. The molecule has 0 atom stereocenters. The number of nitrogens with two attached hydrogens (primary N) is 1. The SMILES string of the molecule is Nc1ccccc1CC(=O)/C=C/c1ccc(CNCC23CC4CC(CC(C4)C2)C3)cc1. The van der Waals surface area contributed by atoms with Crippen molar-refractivity contribution in [3.8, 4) is 0 Å². The lowest BCUT2D eigenvalue weighted by Gasteiger charge is -2.57. The molecule has 162 valence electrons. The fourth-order valence-electron chi connectivity index (χ4n) is 6.86. The lowest BCUT2D eigenvalue weighted by Crippen LogP contribution is -2.50. The van der Waals surface area contributed by atoms with Gasteiger partial charge in [-0.15, -0.1) is 0 Å². The number of carbonyl (C=O) groups excluding carboxylic acids is 1. The molecule has 4 bridgehead atoms. The van der Waals surface area contributed by atoms with E-state index in [1.807, 2.05) is 30.3 Å². The summed E-state index contributed by atoms with van der Waals surface area (Å²) in [6.07, 6.45) is 12.8. The molecule has 0 aromatic heterocycles. The second kappa shape index (κ2) is 8.63. The van der Waals surface area contributed by atoms with Crippen LogP contribution in [-0.4, -0.2) is 12.3 Å². The Morgan fingerprint density at radius 3 is 2.26 bits per heavy atom. The van der Waals surface area contributed by atoms with E-state index in [1.165, 1.54) is 50.6 Å². The van der Waals surface area contributed by atoms with Crippen LogP contribution in [0.3, 0.4) is 0 Å². The first-order chi connectivity index (χ1) is 15.1. The van der Waals surface area contributed by atoms with Crippen LogP contribution in [0.1, 0.15) is 55.2 Å². The number of benzene rings is 2. The molecule has 0 unspecified atom stereocenters. The van der Waals surface area contributed by atoms with Crippen LogP contribution in [0, 0.1) is 23.2 Å². The molecule has 3 N–H and O–H groups in total. The third-order valence-corrected chi connectivity index (χ3v) is 7.86. The zero-order chi connectivity index (χ0) is 21.3. The van der Waals surface area contributed by atoms with Gasteiger partial charge >= 0.3 is 0 Å². The molecule has 4 fully saturated rings. The van der Waals surface area contributed by atoms with Crippen LogP contribution >= 0.6 is 0 Å². The van der Waals surface area contributed by atoms with Gasteiger partial charge in [0.25, 0.3) is 0 Å². The summed E-state index contributed by atoms with van der Waals surface area (Å²) in [5.41, 5.74) is 10.4. The molecule has 4 aliphatic rings. The number of carbonyl (C=O) groups is 1. The van der Waals surface area contributed by atoms with Crippen molar-refractivity contribution in [1.82, 2.24) is 5.32 Å². The fraction of sp³-hybridized carbons (Fsp3) is 0.464. The number of para-hydroxylation sites is 1. The molecule has 2 aromatic rings. The highest BCUT2D eigenvalue weighted by Crippen LogP contribution is 2.59. The van der Waals surface area contributed by atoms with Gasteiger partial charge in [-0.05, 0) is 90.5 Å². The quantitative estimate of drug-likeness (QED) is 0.449. The minimum absolute atomic E-state index is 0.0687. The Morgan fingerprint density at radius 1 is 0.968 bits per heavy atom. The zero-order valence-corrected chi connectivity index (χ0v) is 18.4. The summed E-state index contributed by atoms with van der Waals surface area (Å²) >= 11 is 0. The molecule has 31 heavy (non-hydrogen) atoms. The van der Waals surface area contributed by atoms with Gasteiger partial charge in [0.05, 0.1) is 0 Å². The minimum Gasteiger partial charge on any atom is -0.398 e. The van der Waals surface area contributed by atoms with Gasteiger partial charge in [-0.3, -0.25) is 4.79 Å². The molecule has 3 nitrogen and oxygen atoms in total. The Labute approximate surface area is 186 Å². The van der Waals surface area contributed by atoms with Crippen LogP contribution in [0.15, 0.2) is 54.6 Å². The summed E-state index contributed by atoms with van der Waals surface area (Å²) in [6.45, 7) is 2.10. The average molecular weight is 415 g/mol. The second-order valence-corrected chi connectivity index (χ2v) is 10.4. The first-order valence-electron chi connectivity index (χ1n) is 11.9. The van der Waals surface area contributed by atoms with E-state index in [9.17, 15) is 4.79 Å². The van der Waals surface area contributed by atoms with Gasteiger partial charge < -0.3 is 11.1 Å². The Balaban J connectivity index is 1.11. The fourth-order valence-corrected chi connectivity index (χ4v) is 6.86. The standard InChI is InChI=1S/C28H34N2O/c29-27-4-2-1-3-25(27)14-26(31)10-9-20-5-7-21(8-6-20)18-30-19-28-15-22-11-23(16-28)13-24(12-22)17-28/h1-10,22-24,30H,11-19,29H2/b10-9+. The molecule has 0 saturated heterocycles. The van der Waals surface area contributed by atoms with Gasteiger partial charge in [0, 0.05) is 25.2 Å². The summed E-state index contributed by atoms with van der Waals surface area (Å²) in [5, 5.41) is 3.78. The van der Waals surface area contributed by atoms with Crippen LogP contribution < -0.4 is 11.1 Å². The van der Waals surface area contributed by atoms with Crippen LogP contribution in [0.25, 0.3) is 6.08 Å². The zero-order valence-electron chi connectivity index (χ0n) is 18.4. The van der Waals surface area contributed by atoms with E-state index in [2.05, 4.69) is 29.6 Å². The molecule has 2 aromatic carbocycles. The molecule has 0 radical (unpaired) electrons. The predicted octanol–water partition coefficient (Wildman–Crippen LogP) is 5.40. The van der Waals surface area contributed by atoms with E-state index in [0.717, 1.165) is 35.4 Å². The van der Waals surface area contributed by atoms with Crippen molar-refractivity contribution in [3.05, 3.63) is 71.3 Å². The Morgan fingerprint density at radius 2 is 1.61 bits per heavy atom. The lowest BCUT2D eigenvalue weighted by atomic mass is 9.49. The smallest absolute Gasteiger partial charge is 0.160 e. The van der Waals surface area contributed by atoms with Crippen LogP contribution in [0.2, 0.25) is 0 Å². The first kappa shape index (κ1) is 20.5. The third-order valence-electron chi connectivity index (χ3n) is 7.86. The van der Waals surface area contributed by atoms with Gasteiger partial charge in [-0.1, -0.05) is 48.5 Å². The molecule has 0 aliphatic heterocycles. The van der Waals surface area contributed by atoms with Crippen LogP contribution in [-0.2, 0) is 17.8 Å². The Bertz CT molecular complexity index is 924. The van der Waals surface area contributed by atoms with Crippen molar-refractivity contribution < 1.29 is 4.79 Å². The van der Waals surface area contributed by atoms with E-state index >= 15 is 0 Å². The third kappa shape index (κ3) is 4.77. The average Bonchev–Trinajstić information content (AvgIpc) is 2.74. The number of hydrogen-bond acceptors (Lipinski definition) is 3. The van der Waals surface area contributed by atoms with Crippen molar-refractivity contribution in [2.24, 2.45) is 23.2 Å². The number of ketones is 1. The topological polar surface area (TPSA) is 55.1 Å². The van der Waals surface area contributed by atoms with E-state index in [0.29, 0.717) is 17.5 Å². The molecular weight excluding hydrogens is 380 g/mol. The summed E-state index contributed by atoms with van der Waals surface area (Å²) < 4.78 is 0. The summed E-state index contributed by atoms with van der Waals surface area (Å²) in [4.78, 5) is 12.3. The lowest BCUT2D eigenvalue weighted by molar-refractivity contribution is -0.113. The van der Waals surface area contributed by atoms with Gasteiger partial charge in [0.15, 0.2) is 5.78 Å². The highest BCUT2D eigenvalue weighted by molar-refractivity contribution is 5.95. The number of nitrogens with one attached hydrogen (secondary N) is 1. The molecule has 3 heteroatoms. The normalized spacial score (nSPS) is 29.0. The molecular formula is C28H34N2O. The molecule has 0 heterocycles. The van der Waals surface area contributed by atoms with E-state index in [-0.39, 0.29) is 5.78 Å². The number of allylic oxidation sites excluding steroid dienone is 1. The second-order valence-electron chi connectivity index (χ2n) is 10.4. The maximum absolute atomic E-state index is 12.3. The minimum atomic E-state index is 0.0687. The Hall–Kier alpha value is -2.39. The first-order valence-corrected chi connectivity index (χ1v) is 11.9. The van der Waals surface area contributed by atoms with Crippen molar-refractivity contribution in [2.45, 2.75) is 51.5 Å². The van der Waals surface area contributed by atoms with Gasteiger partial charge in [0.1, 0.15) is 0 Å². The molecule has 0 spiro atoms. The van der Waals surface area contributed by atoms with Gasteiger partial charge in [0.2, 0.25) is 0 Å². The Kier molecular flexibility index (Phi) is 5.71. The molecule has 0 amide bonds. The van der Waals surface area contributed by atoms with E-state index < -0.39 is 0 Å².